The summed E-state index contributed by atoms with van der Waals surface area (Å²) in [6.45, 7) is 7.25. The Labute approximate surface area is 218 Å². The number of nitrogens with one attached hydrogen (secondary N) is 2. The van der Waals surface area contributed by atoms with Crippen LogP contribution in [0.2, 0.25) is 5.02 Å². The number of amides is 2. The quantitative estimate of drug-likeness (QED) is 0.221. The maximum atomic E-state index is 12.8. The lowest BCUT2D eigenvalue weighted by molar-refractivity contribution is -0.127. The predicted octanol–water partition coefficient (Wildman–Crippen LogP) is 5.36. The molecule has 36 heavy (non-hydrogen) atoms. The summed E-state index contributed by atoms with van der Waals surface area (Å²) in [6, 6.07) is 13.4. The zero-order valence-electron chi connectivity index (χ0n) is 20.3. The van der Waals surface area contributed by atoms with Crippen LogP contribution in [-0.4, -0.2) is 36.7 Å². The minimum Gasteiger partial charge on any atom is -0.481 e. The van der Waals surface area contributed by atoms with Gasteiger partial charge in [0, 0.05) is 21.0 Å². The molecule has 10 heteroatoms. The van der Waals surface area contributed by atoms with E-state index in [1.807, 2.05) is 19.9 Å². The molecule has 2 aromatic carbocycles. The minimum absolute atomic E-state index is 0.242. The van der Waals surface area contributed by atoms with Gasteiger partial charge in [-0.2, -0.15) is 5.10 Å². The number of anilines is 1. The van der Waals surface area contributed by atoms with Gasteiger partial charge in [0.25, 0.3) is 11.8 Å². The molecule has 8 nitrogen and oxygen atoms in total. The minimum atomic E-state index is -0.836. The van der Waals surface area contributed by atoms with Crippen LogP contribution in [0, 0.1) is 13.8 Å². The molecule has 0 spiro atoms. The van der Waals surface area contributed by atoms with Crippen LogP contribution >= 0.6 is 22.9 Å². The first-order valence-electron chi connectivity index (χ1n) is 11.1. The highest BCUT2D eigenvalue weighted by atomic mass is 35.5. The van der Waals surface area contributed by atoms with E-state index >= 15 is 0 Å². The summed E-state index contributed by atoms with van der Waals surface area (Å²) in [7, 11) is 0. The number of thiophene rings is 1. The summed E-state index contributed by atoms with van der Waals surface area (Å²) in [5, 5.41) is 7.66. The number of carbonyl (C=O) groups is 3. The molecule has 1 heterocycles. The van der Waals surface area contributed by atoms with Crippen LogP contribution in [0.4, 0.5) is 5.00 Å². The van der Waals surface area contributed by atoms with Gasteiger partial charge < -0.3 is 14.8 Å². The SMILES string of the molecule is CCOC(=O)c1c(NC(=O)c2ccc(O[C@H](C)C(=O)N/N=C\c3ccccc3Cl)cc2)sc(C)c1C. The second-order valence-corrected chi connectivity index (χ2v) is 9.33. The molecule has 3 aromatic rings. The number of hydrogen-bond acceptors (Lipinski definition) is 7. The molecule has 2 N–H and O–H groups in total. The zero-order chi connectivity index (χ0) is 26.2. The van der Waals surface area contributed by atoms with Gasteiger partial charge in [-0.15, -0.1) is 11.3 Å². The number of benzene rings is 2. The summed E-state index contributed by atoms with van der Waals surface area (Å²) in [5.74, 6) is -0.899. The Kier molecular flexibility index (Phi) is 9.21. The number of halogens is 1. The third-order valence-corrected chi connectivity index (χ3v) is 6.64. The first-order chi connectivity index (χ1) is 17.2. The third-order valence-electron chi connectivity index (χ3n) is 5.17. The van der Waals surface area contributed by atoms with Crippen LogP contribution in [0.15, 0.2) is 53.6 Å². The van der Waals surface area contributed by atoms with E-state index in [0.717, 1.165) is 10.4 Å². The standard InChI is InChI=1S/C26H26ClN3O5S/c1-5-34-26(33)22-15(2)17(4)36-25(22)29-24(32)18-10-12-20(13-11-18)35-16(3)23(31)30-28-14-19-8-6-7-9-21(19)27/h6-14,16H,5H2,1-4H3,(H,29,32)(H,30,31)/b28-14-/t16-/m1/s1. The Morgan fingerprint density at radius 3 is 2.47 bits per heavy atom. The van der Waals surface area contributed by atoms with Crippen molar-refractivity contribution in [1.29, 1.82) is 0 Å². The Bertz CT molecular complexity index is 1290. The van der Waals surface area contributed by atoms with Gasteiger partial charge in [0.15, 0.2) is 6.10 Å². The fraction of sp³-hybridized carbons (Fsp3) is 0.231. The number of hydrazone groups is 1. The highest BCUT2D eigenvalue weighted by molar-refractivity contribution is 7.16. The molecule has 0 aliphatic heterocycles. The van der Waals surface area contributed by atoms with Gasteiger partial charge in [-0.3, -0.25) is 9.59 Å². The maximum Gasteiger partial charge on any atom is 0.341 e. The number of nitrogens with zero attached hydrogens (tertiary/aromatic N) is 1. The maximum absolute atomic E-state index is 12.8. The molecular formula is C26H26ClN3O5S. The van der Waals surface area contributed by atoms with Crippen molar-refractivity contribution in [3.63, 3.8) is 0 Å². The summed E-state index contributed by atoms with van der Waals surface area (Å²) in [5.41, 5.74) is 4.59. The van der Waals surface area contributed by atoms with Gasteiger partial charge in [0.05, 0.1) is 18.4 Å². The first-order valence-corrected chi connectivity index (χ1v) is 12.3. The number of hydrogen-bond donors (Lipinski definition) is 2. The average molecular weight is 528 g/mol. The van der Waals surface area contributed by atoms with E-state index in [1.54, 1.807) is 56.3 Å². The predicted molar refractivity (Wildman–Crippen MR) is 141 cm³/mol. The van der Waals surface area contributed by atoms with Crippen molar-refractivity contribution in [2.75, 3.05) is 11.9 Å². The Morgan fingerprint density at radius 2 is 1.81 bits per heavy atom. The van der Waals surface area contributed by atoms with Gasteiger partial charge in [0.2, 0.25) is 0 Å². The van der Waals surface area contributed by atoms with Crippen LogP contribution in [0.1, 0.15) is 50.6 Å². The van der Waals surface area contributed by atoms with Crippen LogP contribution in [0.25, 0.3) is 0 Å². The van der Waals surface area contributed by atoms with Crippen molar-refractivity contribution in [2.45, 2.75) is 33.8 Å². The average Bonchev–Trinajstić information content (AvgIpc) is 3.13. The molecule has 0 radical (unpaired) electrons. The fourth-order valence-electron chi connectivity index (χ4n) is 3.12. The van der Waals surface area contributed by atoms with Crippen molar-refractivity contribution < 1.29 is 23.9 Å². The molecule has 1 atom stereocenters. The topological polar surface area (TPSA) is 106 Å². The van der Waals surface area contributed by atoms with Gasteiger partial charge in [-0.1, -0.05) is 29.8 Å². The Balaban J connectivity index is 1.59. The number of ether oxygens (including phenoxy) is 2. The number of aryl methyl sites for hydroxylation is 1. The smallest absolute Gasteiger partial charge is 0.341 e. The Hall–Kier alpha value is -3.69. The highest BCUT2D eigenvalue weighted by Crippen LogP contribution is 2.33. The molecule has 0 aliphatic rings. The van der Waals surface area contributed by atoms with E-state index in [2.05, 4.69) is 15.8 Å². The van der Waals surface area contributed by atoms with Gasteiger partial charge in [-0.25, -0.2) is 10.2 Å². The van der Waals surface area contributed by atoms with Gasteiger partial charge >= 0.3 is 5.97 Å². The zero-order valence-corrected chi connectivity index (χ0v) is 21.8. The van der Waals surface area contributed by atoms with E-state index in [0.29, 0.717) is 32.5 Å². The van der Waals surface area contributed by atoms with Crippen molar-refractivity contribution in [3.8, 4) is 5.75 Å². The molecule has 0 fully saturated rings. The third kappa shape index (κ3) is 6.71. The lowest BCUT2D eigenvalue weighted by atomic mass is 10.1. The summed E-state index contributed by atoms with van der Waals surface area (Å²) in [6.07, 6.45) is 0.613. The van der Waals surface area contributed by atoms with E-state index in [4.69, 9.17) is 21.1 Å². The first kappa shape index (κ1) is 26.9. The molecule has 3 rings (SSSR count). The number of carbonyl (C=O) groups excluding carboxylic acids is 3. The van der Waals surface area contributed by atoms with Crippen molar-refractivity contribution in [1.82, 2.24) is 5.43 Å². The van der Waals surface area contributed by atoms with E-state index < -0.39 is 18.0 Å². The van der Waals surface area contributed by atoms with Crippen LogP contribution in [0.5, 0.6) is 5.75 Å². The van der Waals surface area contributed by atoms with Crippen LogP contribution in [0.3, 0.4) is 0 Å². The largest absolute Gasteiger partial charge is 0.481 e. The van der Waals surface area contributed by atoms with Crippen molar-refractivity contribution in [3.05, 3.63) is 80.7 Å². The molecule has 2 amide bonds. The van der Waals surface area contributed by atoms with Crippen molar-refractivity contribution in [2.24, 2.45) is 5.10 Å². The second-order valence-electron chi connectivity index (χ2n) is 7.70. The van der Waals surface area contributed by atoms with Gasteiger partial charge in [-0.05, 0) is 63.6 Å². The lowest BCUT2D eigenvalue weighted by Gasteiger charge is -2.13. The fourth-order valence-corrected chi connectivity index (χ4v) is 4.35. The number of rotatable bonds is 9. The van der Waals surface area contributed by atoms with Crippen molar-refractivity contribution >= 4 is 51.9 Å². The summed E-state index contributed by atoms with van der Waals surface area (Å²) >= 11 is 7.37. The van der Waals surface area contributed by atoms with E-state index in [9.17, 15) is 14.4 Å². The molecule has 0 unspecified atom stereocenters. The molecule has 0 aliphatic carbocycles. The van der Waals surface area contributed by atoms with Crippen LogP contribution < -0.4 is 15.5 Å². The molecule has 188 valence electrons. The normalized spacial score (nSPS) is 11.7. The van der Waals surface area contributed by atoms with Crippen LogP contribution in [-0.2, 0) is 9.53 Å². The molecule has 0 saturated heterocycles. The highest BCUT2D eigenvalue weighted by Gasteiger charge is 2.22. The lowest BCUT2D eigenvalue weighted by Crippen LogP contribution is -2.33. The number of esters is 1. The molecule has 1 aromatic heterocycles. The van der Waals surface area contributed by atoms with E-state index in [1.165, 1.54) is 17.6 Å². The monoisotopic (exact) mass is 527 g/mol. The Morgan fingerprint density at radius 1 is 1.11 bits per heavy atom. The second kappa shape index (κ2) is 12.3. The molecule has 0 bridgehead atoms. The van der Waals surface area contributed by atoms with E-state index in [-0.39, 0.29) is 12.5 Å². The summed E-state index contributed by atoms with van der Waals surface area (Å²) in [4.78, 5) is 38.3. The van der Waals surface area contributed by atoms with Gasteiger partial charge in [0.1, 0.15) is 10.8 Å². The molecule has 0 saturated carbocycles. The molecular weight excluding hydrogens is 502 g/mol. The summed E-state index contributed by atoms with van der Waals surface area (Å²) < 4.78 is 10.8.